The lowest BCUT2D eigenvalue weighted by Crippen LogP contribution is -2.12. The number of benzene rings is 1. The molecule has 0 spiro atoms. The van der Waals surface area contributed by atoms with Crippen molar-refractivity contribution >= 4 is 28.6 Å². The normalized spacial score (nSPS) is 10.8. The van der Waals surface area contributed by atoms with Crippen LogP contribution in [0.5, 0.6) is 0 Å². The molecular formula is C10H5F3INO2. The van der Waals surface area contributed by atoms with Crippen molar-refractivity contribution in [1.82, 2.24) is 0 Å². The molecule has 0 unspecified atom stereocenters. The zero-order valence-corrected chi connectivity index (χ0v) is 10.6. The number of carbonyl (C=O) groups is 1. The highest BCUT2D eigenvalue weighted by molar-refractivity contribution is 14.1. The van der Waals surface area contributed by atoms with Gasteiger partial charge in [-0.3, -0.25) is 0 Å². The molecule has 0 radical (unpaired) electrons. The molecule has 1 aromatic carbocycles. The number of nitrogens with zero attached hydrogens (tertiary/aromatic N) is 1. The molecule has 0 saturated heterocycles. The van der Waals surface area contributed by atoms with Crippen LogP contribution in [0.4, 0.5) is 13.2 Å². The highest BCUT2D eigenvalue weighted by atomic mass is 127. The van der Waals surface area contributed by atoms with E-state index in [1.807, 2.05) is 0 Å². The maximum Gasteiger partial charge on any atom is 0.417 e. The predicted octanol–water partition coefficient (Wildman–Crippen LogP) is 2.97. The second-order valence-corrected chi connectivity index (χ2v) is 4.14. The lowest BCUT2D eigenvalue weighted by atomic mass is 10.0. The largest absolute Gasteiger partial charge is 0.465 e. The number of nitriles is 1. The van der Waals surface area contributed by atoms with E-state index in [9.17, 15) is 18.0 Å². The van der Waals surface area contributed by atoms with Crippen LogP contribution < -0.4 is 0 Å². The average molecular weight is 355 g/mol. The fraction of sp³-hybridized carbons (Fsp3) is 0.200. The third-order valence-electron chi connectivity index (χ3n) is 1.93. The molecule has 1 rings (SSSR count). The number of esters is 1. The number of methoxy groups -OCH3 is 1. The topological polar surface area (TPSA) is 50.1 Å². The van der Waals surface area contributed by atoms with Gasteiger partial charge in [-0.25, -0.2) is 4.79 Å². The van der Waals surface area contributed by atoms with E-state index < -0.39 is 23.3 Å². The number of hydrogen-bond donors (Lipinski definition) is 0. The van der Waals surface area contributed by atoms with Crippen LogP contribution in [-0.4, -0.2) is 13.1 Å². The van der Waals surface area contributed by atoms with Crippen molar-refractivity contribution in [2.24, 2.45) is 0 Å². The summed E-state index contributed by atoms with van der Waals surface area (Å²) in [7, 11) is 1.07. The minimum Gasteiger partial charge on any atom is -0.465 e. The van der Waals surface area contributed by atoms with E-state index in [1.165, 1.54) is 12.1 Å². The van der Waals surface area contributed by atoms with Crippen LogP contribution in [0.15, 0.2) is 12.1 Å². The molecule has 0 aliphatic carbocycles. The summed E-state index contributed by atoms with van der Waals surface area (Å²) in [5.74, 6) is -0.877. The molecule has 0 atom stereocenters. The van der Waals surface area contributed by atoms with E-state index in [-0.39, 0.29) is 9.13 Å². The number of carbonyl (C=O) groups excluding carboxylic acids is 1. The summed E-state index contributed by atoms with van der Waals surface area (Å²) >= 11 is 1.57. The molecule has 7 heteroatoms. The second kappa shape index (κ2) is 4.91. The van der Waals surface area contributed by atoms with Crippen LogP contribution in [0, 0.1) is 14.9 Å². The fourth-order valence-electron chi connectivity index (χ4n) is 1.18. The van der Waals surface area contributed by atoms with Crippen LogP contribution in [0.3, 0.4) is 0 Å². The minimum atomic E-state index is -4.69. The lowest BCUT2D eigenvalue weighted by Gasteiger charge is -2.11. The van der Waals surface area contributed by atoms with E-state index >= 15 is 0 Å². The van der Waals surface area contributed by atoms with E-state index in [1.54, 1.807) is 22.6 Å². The van der Waals surface area contributed by atoms with Gasteiger partial charge in [0.2, 0.25) is 0 Å². The molecule has 3 nitrogen and oxygen atoms in total. The van der Waals surface area contributed by atoms with Gasteiger partial charge in [-0.05, 0) is 34.7 Å². The Kier molecular flexibility index (Phi) is 3.98. The van der Waals surface area contributed by atoms with Crippen molar-refractivity contribution in [3.8, 4) is 6.07 Å². The van der Waals surface area contributed by atoms with Gasteiger partial charge in [0, 0.05) is 3.57 Å². The summed E-state index contributed by atoms with van der Waals surface area (Å²) in [6, 6.07) is 3.27. The van der Waals surface area contributed by atoms with E-state index in [0.717, 1.165) is 7.11 Å². The van der Waals surface area contributed by atoms with E-state index in [0.29, 0.717) is 6.07 Å². The average Bonchev–Trinajstić information content (AvgIpc) is 2.25. The molecule has 17 heavy (non-hydrogen) atoms. The van der Waals surface area contributed by atoms with Crippen LogP contribution in [0.25, 0.3) is 0 Å². The highest BCUT2D eigenvalue weighted by Gasteiger charge is 2.35. The zero-order valence-electron chi connectivity index (χ0n) is 8.43. The highest BCUT2D eigenvalue weighted by Crippen LogP contribution is 2.34. The molecule has 90 valence electrons. The van der Waals surface area contributed by atoms with Crippen LogP contribution in [-0.2, 0) is 10.9 Å². The monoisotopic (exact) mass is 355 g/mol. The molecular weight excluding hydrogens is 350 g/mol. The van der Waals surface area contributed by atoms with Gasteiger partial charge >= 0.3 is 12.1 Å². The van der Waals surface area contributed by atoms with Gasteiger partial charge in [0.25, 0.3) is 0 Å². The maximum atomic E-state index is 12.7. The van der Waals surface area contributed by atoms with Crippen molar-refractivity contribution in [3.63, 3.8) is 0 Å². The van der Waals surface area contributed by atoms with Gasteiger partial charge in [-0.15, -0.1) is 0 Å². The Labute approximate surface area is 108 Å². The molecule has 0 heterocycles. The first-order chi connectivity index (χ1) is 7.81. The Bertz CT molecular complexity index is 505. The van der Waals surface area contributed by atoms with Crippen molar-refractivity contribution < 1.29 is 22.7 Å². The molecule has 0 bridgehead atoms. The summed E-state index contributed by atoms with van der Waals surface area (Å²) in [5.41, 5.74) is -1.86. The smallest absolute Gasteiger partial charge is 0.417 e. The maximum absolute atomic E-state index is 12.7. The molecule has 0 aromatic heterocycles. The quantitative estimate of drug-likeness (QED) is 0.575. The van der Waals surface area contributed by atoms with E-state index in [4.69, 9.17) is 5.26 Å². The molecule has 0 fully saturated rings. The summed E-state index contributed by atoms with van der Waals surface area (Å²) in [6.45, 7) is 0. The Morgan fingerprint density at radius 1 is 1.47 bits per heavy atom. The van der Waals surface area contributed by atoms with Gasteiger partial charge in [0.1, 0.15) is 6.07 Å². The summed E-state index contributed by atoms with van der Waals surface area (Å²) < 4.78 is 42.4. The van der Waals surface area contributed by atoms with Crippen LogP contribution in [0.2, 0.25) is 0 Å². The number of alkyl halides is 3. The Hall–Kier alpha value is -1.30. The summed E-state index contributed by atoms with van der Waals surface area (Å²) in [6.07, 6.45) is -4.69. The van der Waals surface area contributed by atoms with Gasteiger partial charge in [-0.2, -0.15) is 18.4 Å². The lowest BCUT2D eigenvalue weighted by molar-refractivity contribution is -0.137. The second-order valence-electron chi connectivity index (χ2n) is 2.98. The SMILES string of the molecule is COC(=O)c1cc(I)c(C#N)c(C(F)(F)F)c1. The van der Waals surface area contributed by atoms with E-state index in [2.05, 4.69) is 4.74 Å². The third kappa shape index (κ3) is 2.88. The number of rotatable bonds is 1. The zero-order chi connectivity index (χ0) is 13.2. The van der Waals surface area contributed by atoms with Crippen molar-refractivity contribution in [2.75, 3.05) is 7.11 Å². The Morgan fingerprint density at radius 3 is 2.47 bits per heavy atom. The molecule has 0 amide bonds. The Morgan fingerprint density at radius 2 is 2.06 bits per heavy atom. The van der Waals surface area contributed by atoms with Crippen molar-refractivity contribution in [2.45, 2.75) is 6.18 Å². The minimum absolute atomic E-state index is 0.0559. The molecule has 1 aromatic rings. The number of hydrogen-bond acceptors (Lipinski definition) is 3. The molecule has 0 aliphatic rings. The van der Waals surface area contributed by atoms with Gasteiger partial charge in [0.05, 0.1) is 23.8 Å². The van der Waals surface area contributed by atoms with Crippen molar-refractivity contribution in [3.05, 3.63) is 32.4 Å². The first-order valence-corrected chi connectivity index (χ1v) is 5.28. The Balaban J connectivity index is 3.52. The van der Waals surface area contributed by atoms with Gasteiger partial charge in [0.15, 0.2) is 0 Å². The first-order valence-electron chi connectivity index (χ1n) is 4.20. The molecule has 0 saturated carbocycles. The third-order valence-corrected chi connectivity index (χ3v) is 2.78. The van der Waals surface area contributed by atoms with Gasteiger partial charge in [-0.1, -0.05) is 0 Å². The van der Waals surface area contributed by atoms with Crippen molar-refractivity contribution in [1.29, 1.82) is 5.26 Å². The summed E-state index contributed by atoms with van der Waals surface area (Å²) in [5, 5.41) is 8.68. The van der Waals surface area contributed by atoms with Crippen LogP contribution >= 0.6 is 22.6 Å². The van der Waals surface area contributed by atoms with Gasteiger partial charge < -0.3 is 4.74 Å². The molecule has 0 N–H and O–H groups in total. The summed E-state index contributed by atoms with van der Waals surface area (Å²) in [4.78, 5) is 11.2. The van der Waals surface area contributed by atoms with Crippen LogP contribution in [0.1, 0.15) is 21.5 Å². The first kappa shape index (κ1) is 13.8. The number of halogens is 4. The standard InChI is InChI=1S/C10H5F3INO2/c1-17-9(16)5-2-7(10(11,12)13)6(4-15)8(14)3-5/h2-3H,1H3. The molecule has 0 aliphatic heterocycles. The number of ether oxygens (including phenoxy) is 1. The fourth-order valence-corrected chi connectivity index (χ4v) is 1.93. The predicted molar refractivity (Wildman–Crippen MR) is 60.2 cm³/mol.